The van der Waals surface area contributed by atoms with Gasteiger partial charge in [-0.2, -0.15) is 84.2 Å². The van der Waals surface area contributed by atoms with E-state index in [-0.39, 0.29) is 71.1 Å². The summed E-state index contributed by atoms with van der Waals surface area (Å²) in [5, 5.41) is -5.06. The van der Waals surface area contributed by atoms with Gasteiger partial charge in [0.15, 0.2) is 0 Å². The molecular formula is C24H30O32S12. The number of carbonyl (C=O) groups excluding carboxylic acids is 2. The highest BCUT2D eigenvalue weighted by Gasteiger charge is 2.52. The second kappa shape index (κ2) is 21.0. The molecule has 32 nitrogen and oxygen atoms in total. The molecule has 0 unspecified atom stereocenters. The monoisotopic (exact) mass is 1210 g/mol. The lowest BCUT2D eigenvalue weighted by molar-refractivity contribution is 0.107. The van der Waals surface area contributed by atoms with Crippen molar-refractivity contribution in [1.82, 2.24) is 0 Å². The van der Waals surface area contributed by atoms with E-state index in [1.165, 1.54) is 0 Å². The highest BCUT2D eigenvalue weighted by molar-refractivity contribution is 8.87. The van der Waals surface area contributed by atoms with Crippen LogP contribution < -0.4 is 0 Å². The molecule has 44 heteroatoms. The van der Waals surface area contributed by atoms with Crippen LogP contribution in [-0.2, 0) is 143 Å². The van der Waals surface area contributed by atoms with E-state index < -0.39 is 193 Å². The maximum absolute atomic E-state index is 14.4. The van der Waals surface area contributed by atoms with Crippen LogP contribution in [0.5, 0.6) is 0 Å². The van der Waals surface area contributed by atoms with Crippen molar-refractivity contribution in [2.75, 3.05) is 71.1 Å². The van der Waals surface area contributed by atoms with E-state index in [1.807, 2.05) is 0 Å². The van der Waals surface area contributed by atoms with Crippen LogP contribution in [0.1, 0.15) is 20.7 Å². The molecule has 0 fully saturated rings. The first-order chi connectivity index (χ1) is 30.6. The Bertz CT molecular complexity index is 3180. The smallest absolute Gasteiger partial charge is 0.281 e. The molecule has 2 rings (SSSR count). The Morgan fingerprint density at radius 2 is 0.338 bits per heavy atom. The third-order valence-electron chi connectivity index (χ3n) is 7.85. The van der Waals surface area contributed by atoms with E-state index in [0.29, 0.717) is 0 Å². The molecule has 0 aliphatic carbocycles. The number of rotatable bonds is 22. The van der Waals surface area contributed by atoms with E-state index in [0.717, 1.165) is 0 Å². The summed E-state index contributed by atoms with van der Waals surface area (Å²) in [5.41, 5.74) is -4.80. The first-order valence-corrected chi connectivity index (χ1v) is 31.8. The molecule has 390 valence electrons. The molecule has 0 saturated carbocycles. The third kappa shape index (κ3) is 11.3. The van der Waals surface area contributed by atoms with Crippen molar-refractivity contribution >= 4 is 133 Å². The van der Waals surface area contributed by atoms with Gasteiger partial charge in [-0.25, -0.2) is 0 Å². The van der Waals surface area contributed by atoms with E-state index in [9.17, 15) is 93.8 Å². The van der Waals surface area contributed by atoms with E-state index >= 15 is 0 Å². The van der Waals surface area contributed by atoms with Crippen LogP contribution in [0.4, 0.5) is 0 Å². The van der Waals surface area contributed by atoms with Crippen molar-refractivity contribution in [1.29, 1.82) is 0 Å². The number of hydrogen-bond donors (Lipinski definition) is 0. The minimum absolute atomic E-state index is 0.160. The summed E-state index contributed by atoms with van der Waals surface area (Å²) in [6.07, 6.45) is 0. The Morgan fingerprint density at radius 1 is 0.235 bits per heavy atom. The van der Waals surface area contributed by atoms with Gasteiger partial charge in [0.25, 0.3) is 101 Å². The molecule has 2 aromatic carbocycles. The molecule has 2 aromatic rings. The maximum Gasteiger partial charge on any atom is 0.299 e. The molecule has 0 aliphatic rings. The first kappa shape index (κ1) is 61.7. The van der Waals surface area contributed by atoms with Crippen molar-refractivity contribution < 1.29 is 136 Å². The lowest BCUT2D eigenvalue weighted by Gasteiger charge is -2.23. The zero-order valence-electron chi connectivity index (χ0n) is 35.0. The Morgan fingerprint density at radius 3 is 0.456 bits per heavy atom. The van der Waals surface area contributed by atoms with Gasteiger partial charge in [-0.1, -0.05) is 0 Å². The average Bonchev–Trinajstić information content (AvgIpc) is 3.28. The zero-order valence-corrected chi connectivity index (χ0v) is 44.8. The summed E-state index contributed by atoms with van der Waals surface area (Å²) in [7, 11) is -62.6. The van der Waals surface area contributed by atoms with Crippen molar-refractivity contribution in [2.24, 2.45) is 0 Å². The van der Waals surface area contributed by atoms with Crippen LogP contribution in [-0.4, -0.2) is 166 Å². The van der Waals surface area contributed by atoms with Gasteiger partial charge < -0.3 is 0 Å². The van der Waals surface area contributed by atoms with Crippen LogP contribution in [0.15, 0.2) is 49.0 Å². The summed E-state index contributed by atoms with van der Waals surface area (Å²) in [4.78, 5) is 3.92. The number of carbonyl (C=O) groups is 2. The summed E-state index contributed by atoms with van der Waals surface area (Å²) in [6, 6.07) is 0. The predicted octanol–water partition coefficient (Wildman–Crippen LogP) is -2.60. The Labute approximate surface area is 396 Å². The Kier molecular flexibility index (Phi) is 19.0. The Hall–Kier alpha value is -2.42. The fourth-order valence-corrected chi connectivity index (χ4v) is 21.0. The largest absolute Gasteiger partial charge is 0.299 e. The molecule has 0 aromatic heterocycles. The van der Waals surface area contributed by atoms with E-state index in [4.69, 9.17) is 0 Å². The Balaban J connectivity index is 3.79. The fourth-order valence-electron chi connectivity index (χ4n) is 4.96. The molecule has 0 saturated heterocycles. The van der Waals surface area contributed by atoms with Crippen molar-refractivity contribution in [2.45, 2.75) is 49.0 Å². The van der Waals surface area contributed by atoms with Crippen molar-refractivity contribution in [3.05, 3.63) is 11.1 Å². The molecule has 0 amide bonds. The SMILES string of the molecule is COS(=O)(=O)c1c(C(=O)SSC(=O)c2c(S(=O)(=O)OC)c(S(=O)(=O)OC)c(S(=O)(=O)OC)c(S(=O)(=O)OC)c2S(=O)(=O)OC)c(S(=O)(=O)OC)c(S(=O)(=O)OC)c(S(=O)(=O)OC)c1S(=O)(=O)OC. The van der Waals surface area contributed by atoms with Gasteiger partial charge in [0.2, 0.25) is 10.2 Å². The zero-order chi connectivity index (χ0) is 53.6. The van der Waals surface area contributed by atoms with Crippen LogP contribution in [0, 0.1) is 0 Å². The van der Waals surface area contributed by atoms with Gasteiger partial charge in [0, 0.05) is 0 Å². The van der Waals surface area contributed by atoms with E-state index in [2.05, 4.69) is 41.8 Å². The molecule has 68 heavy (non-hydrogen) atoms. The molecular weight excluding hydrogens is 1190 g/mol. The van der Waals surface area contributed by atoms with Crippen molar-refractivity contribution in [3.8, 4) is 0 Å². The second-order valence-corrected chi connectivity index (χ2v) is 29.6. The standard InChI is InChI=1S/C24H30O32S12/c1-47-59(27,28)13-11(14(60(29,30)48-2)18(64(37,38)52-6)21(67(43,44)55-9)17(13)63(35,36)51-5)23(25)57-58-24(26)12-15(61(31,32)49-3)19(65(39,40)53-7)22(68(45,46)56-10)20(66(41,42)54-8)16(12)62(33,34)50-4/h1-10H3. The summed E-state index contributed by atoms with van der Waals surface area (Å²) >= 11 is 0. The minimum atomic E-state index is -6.25. The molecule has 0 aliphatic heterocycles. The number of hydrogen-bond acceptors (Lipinski definition) is 34. The fraction of sp³-hybridized carbons (Fsp3) is 0.417. The van der Waals surface area contributed by atoms with Crippen LogP contribution >= 0.6 is 21.6 Å². The minimum Gasteiger partial charge on any atom is -0.281 e. The first-order valence-electron chi connectivity index (χ1n) is 15.6. The van der Waals surface area contributed by atoms with Gasteiger partial charge in [-0.15, -0.1) is 0 Å². The molecule has 0 atom stereocenters. The highest BCUT2D eigenvalue weighted by Crippen LogP contribution is 2.49. The molecule has 0 radical (unpaired) electrons. The lowest BCUT2D eigenvalue weighted by atomic mass is 10.2. The third-order valence-corrected chi connectivity index (χ3v) is 24.3. The van der Waals surface area contributed by atoms with E-state index in [1.54, 1.807) is 0 Å². The van der Waals surface area contributed by atoms with Crippen LogP contribution in [0.25, 0.3) is 0 Å². The molecule has 0 N–H and O–H groups in total. The molecule has 0 bridgehead atoms. The summed E-state index contributed by atoms with van der Waals surface area (Å²) in [5.74, 6) is 0. The normalized spacial score (nSPS) is 14.0. The van der Waals surface area contributed by atoms with Gasteiger partial charge in [0.1, 0.15) is 49.0 Å². The number of benzene rings is 2. The predicted molar refractivity (Wildman–Crippen MR) is 219 cm³/mol. The van der Waals surface area contributed by atoms with Crippen LogP contribution in [0.3, 0.4) is 0 Å². The van der Waals surface area contributed by atoms with Gasteiger partial charge in [-0.05, 0) is 21.6 Å². The summed E-state index contributed by atoms with van der Waals surface area (Å²) in [6.45, 7) is 0. The van der Waals surface area contributed by atoms with Gasteiger partial charge in [-0.3, -0.25) is 51.4 Å². The van der Waals surface area contributed by atoms with Gasteiger partial charge >= 0.3 is 0 Å². The quantitative estimate of drug-likeness (QED) is 0.0861. The maximum atomic E-state index is 14.4. The molecule has 0 heterocycles. The van der Waals surface area contributed by atoms with Crippen LogP contribution in [0.2, 0.25) is 0 Å². The van der Waals surface area contributed by atoms with Gasteiger partial charge in [0.05, 0.1) is 82.2 Å². The van der Waals surface area contributed by atoms with Crippen molar-refractivity contribution in [3.63, 3.8) is 0 Å². The summed E-state index contributed by atoms with van der Waals surface area (Å²) < 4.78 is 314. The topological polar surface area (TPSA) is 468 Å². The molecule has 0 spiro atoms. The highest BCUT2D eigenvalue weighted by atomic mass is 33.1. The second-order valence-electron chi connectivity index (χ2n) is 11.0. The lowest BCUT2D eigenvalue weighted by Crippen LogP contribution is -2.28. The average molecular weight is 1220 g/mol.